The zero-order valence-electron chi connectivity index (χ0n) is 57.2. The fraction of sp³-hybridized carbons (Fsp3) is 0.312. The number of benzene rings is 5. The Labute approximate surface area is 572 Å². The first kappa shape index (κ1) is 69.8. The van der Waals surface area contributed by atoms with Crippen LogP contribution < -0.4 is 4.74 Å². The van der Waals surface area contributed by atoms with Crippen molar-refractivity contribution in [1.82, 2.24) is 48.2 Å². The van der Waals surface area contributed by atoms with Crippen molar-refractivity contribution in [3.05, 3.63) is 203 Å². The van der Waals surface area contributed by atoms with Crippen LogP contribution in [0, 0.1) is 26.6 Å². The second-order valence-corrected chi connectivity index (χ2v) is 29.7. The molecule has 0 saturated carbocycles. The van der Waals surface area contributed by atoms with Gasteiger partial charge in [0.25, 0.3) is 0 Å². The molecule has 0 bridgehead atoms. The van der Waals surface area contributed by atoms with Crippen molar-refractivity contribution in [2.45, 2.75) is 73.6 Å². The predicted molar refractivity (Wildman–Crippen MR) is 395 cm³/mol. The summed E-state index contributed by atoms with van der Waals surface area (Å²) < 4.78 is 67.7. The highest BCUT2D eigenvalue weighted by molar-refractivity contribution is 7.88. The van der Waals surface area contributed by atoms with Crippen LogP contribution in [-0.2, 0) is 34.4 Å². The number of H-pyrrole nitrogens is 5. The van der Waals surface area contributed by atoms with Gasteiger partial charge in [-0.25, -0.2) is 21.2 Å². The number of para-hydroxylation sites is 1. The molecule has 10 aromatic rings. The van der Waals surface area contributed by atoms with E-state index in [1.807, 2.05) is 57.6 Å². The Morgan fingerprint density at radius 2 is 0.724 bits per heavy atom. The van der Waals surface area contributed by atoms with E-state index in [0.717, 1.165) is 97.2 Å². The summed E-state index contributed by atoms with van der Waals surface area (Å²) in [5.41, 5.74) is 21.3. The molecule has 0 atom stereocenters. The fourth-order valence-corrected chi connectivity index (χ4v) is 14.9. The number of halogens is 1. The average Bonchev–Trinajstić information content (AvgIpc) is 1.65. The summed E-state index contributed by atoms with van der Waals surface area (Å²) in [4.78, 5) is 56.0. The highest BCUT2D eigenvalue weighted by atomic mass is 32.2. The Hall–Kier alpha value is -9.54. The zero-order valence-corrected chi connectivity index (χ0v) is 58.9. The van der Waals surface area contributed by atoms with E-state index in [0.29, 0.717) is 39.1 Å². The molecule has 5 aromatic heterocycles. The number of methoxy groups -OCH3 is 1. The second-order valence-electron chi connectivity index (χ2n) is 25.8. The molecule has 0 unspecified atom stereocenters. The minimum atomic E-state index is -3.15. The maximum absolute atomic E-state index is 13.4. The van der Waals surface area contributed by atoms with Crippen LogP contribution >= 0.6 is 0 Å². The van der Waals surface area contributed by atoms with Crippen LogP contribution in [0.25, 0.3) is 82.4 Å². The van der Waals surface area contributed by atoms with Crippen LogP contribution in [0.3, 0.4) is 0 Å². The normalized spacial score (nSPS) is 16.3. The monoisotopic (exact) mass is 1360 g/mol. The van der Waals surface area contributed by atoms with Gasteiger partial charge in [0.05, 0.1) is 25.1 Å². The van der Waals surface area contributed by atoms with Gasteiger partial charge in [0.1, 0.15) is 11.6 Å². The van der Waals surface area contributed by atoms with Gasteiger partial charge in [0, 0.05) is 194 Å². The number of aryl methyl sites for hydroxylation is 3. The zero-order chi connectivity index (χ0) is 69.6. The average molecular weight is 1360 g/mol. The summed E-state index contributed by atoms with van der Waals surface area (Å²) in [5.74, 6) is 1.04. The van der Waals surface area contributed by atoms with Crippen LogP contribution in [0.4, 0.5) is 4.39 Å². The third-order valence-corrected chi connectivity index (χ3v) is 21.6. The van der Waals surface area contributed by atoms with Crippen molar-refractivity contribution in [3.8, 4) is 5.75 Å². The lowest BCUT2D eigenvalue weighted by Gasteiger charge is -2.25. The topological polar surface area (TPSA) is 224 Å². The molecule has 5 N–H and O–H groups in total. The standard InChI is InChI=1S/C16H18N2O2.2C16H18N2O.C15H18N2O2S.C14H15FN2O2S/c1-11(19)18-8-6-12(7-9-18)14-10-17-16-13(14)4-3-5-15(16)20-2;2*1-11-3-4-16-14(9-11)15(10-17-16)13-5-7-18(8-6-13)12(2)19;1-11-3-4-15-13(9-11)14(10-16-15)12-5-7-17(8-6-12)20(2,18)19;1-20(18,19)17-6-4-10(5-7-17)13-9-16-14-3-2-11(15)8-12(13)14/h3-6,10,17H,7-9H2,1-2H3;2*3-5,9-10,17H,6-8H2,1-2H3;3-5,9-10,16H,6-8H2,1-2H3;2-4,8-9,16H,5-7H2,1H3. The molecule has 0 saturated heterocycles. The number of carbonyl (C=O) groups is 3. The van der Waals surface area contributed by atoms with Crippen molar-refractivity contribution in [1.29, 1.82) is 0 Å². The molecule has 21 heteroatoms. The molecule has 98 heavy (non-hydrogen) atoms. The van der Waals surface area contributed by atoms with Crippen LogP contribution in [0.2, 0.25) is 0 Å². The van der Waals surface area contributed by atoms with E-state index < -0.39 is 20.0 Å². The molecule has 3 amide bonds. The third kappa shape index (κ3) is 16.2. The number of fused-ring (bicyclic) bond motifs is 5. The molecule has 18 nitrogen and oxygen atoms in total. The van der Waals surface area contributed by atoms with Gasteiger partial charge < -0.3 is 44.4 Å². The quantitative estimate of drug-likeness (QED) is 0.0981. The van der Waals surface area contributed by atoms with E-state index in [-0.39, 0.29) is 23.5 Å². The summed E-state index contributed by atoms with van der Waals surface area (Å²) in [6, 6.07) is 30.0. The van der Waals surface area contributed by atoms with Crippen molar-refractivity contribution >= 4 is 120 Å². The SMILES string of the molecule is CC(=O)N1CC=C(c2c[nH]c3ccc(C)cc23)CC1.CC(=O)N1CC=C(c2c[nH]c3ccc(C)cc23)CC1.COc1cccc2c(C3=CCN(C(C)=O)CC3)c[nH]c12.CS(=O)(=O)N1CC=C(c2c[nH]c3ccc(F)cc23)CC1.Cc1ccc2[nH]cc(C3=CCN(S(C)(=O)=O)CC3)c2c1. The van der Waals surface area contributed by atoms with Gasteiger partial charge in [-0.15, -0.1) is 0 Å². The molecule has 0 spiro atoms. The molecular formula is C77H87FN10O8S2. The molecule has 15 rings (SSSR count). The molecule has 5 aromatic carbocycles. The fourth-order valence-electron chi connectivity index (χ4n) is 13.4. The van der Waals surface area contributed by atoms with E-state index in [9.17, 15) is 35.6 Å². The Morgan fingerprint density at radius 3 is 1.03 bits per heavy atom. The summed E-state index contributed by atoms with van der Waals surface area (Å²) in [6.45, 7) is 17.6. The molecular weight excluding hydrogens is 1280 g/mol. The Morgan fingerprint density at radius 1 is 0.408 bits per heavy atom. The maximum atomic E-state index is 13.4. The summed E-state index contributed by atoms with van der Waals surface area (Å²) in [5, 5.41) is 5.78. The van der Waals surface area contributed by atoms with Gasteiger partial charge in [0.15, 0.2) is 0 Å². The van der Waals surface area contributed by atoms with E-state index in [2.05, 4.69) is 137 Å². The molecule has 10 heterocycles. The van der Waals surface area contributed by atoms with Gasteiger partial charge >= 0.3 is 0 Å². The number of rotatable bonds is 8. The number of hydrogen-bond acceptors (Lipinski definition) is 8. The summed E-state index contributed by atoms with van der Waals surface area (Å²) in [7, 11) is -4.55. The minimum Gasteiger partial charge on any atom is -0.495 e. The van der Waals surface area contributed by atoms with E-state index >= 15 is 0 Å². The number of nitrogens with one attached hydrogen (secondary N) is 5. The van der Waals surface area contributed by atoms with Gasteiger partial charge in [-0.3, -0.25) is 14.4 Å². The summed E-state index contributed by atoms with van der Waals surface area (Å²) in [6.07, 6.45) is 27.1. The first-order valence-electron chi connectivity index (χ1n) is 33.2. The Balaban J connectivity index is 0.000000124. The summed E-state index contributed by atoms with van der Waals surface area (Å²) >= 11 is 0. The van der Waals surface area contributed by atoms with Crippen molar-refractivity contribution in [3.63, 3.8) is 0 Å². The number of amides is 3. The first-order chi connectivity index (χ1) is 46.9. The number of aromatic nitrogens is 5. The van der Waals surface area contributed by atoms with Crippen molar-refractivity contribution in [2.24, 2.45) is 0 Å². The second kappa shape index (κ2) is 30.1. The lowest BCUT2D eigenvalue weighted by atomic mass is 9.98. The molecule has 0 fully saturated rings. The number of sulfonamides is 2. The van der Waals surface area contributed by atoms with Gasteiger partial charge in [-0.1, -0.05) is 77.4 Å². The Kier molecular flexibility index (Phi) is 21.4. The van der Waals surface area contributed by atoms with Gasteiger partial charge in [0.2, 0.25) is 37.8 Å². The lowest BCUT2D eigenvalue weighted by Crippen LogP contribution is -2.33. The van der Waals surface area contributed by atoms with E-state index in [1.165, 1.54) is 127 Å². The van der Waals surface area contributed by atoms with Crippen LogP contribution in [0.5, 0.6) is 5.75 Å². The highest BCUT2D eigenvalue weighted by Gasteiger charge is 2.25. The van der Waals surface area contributed by atoms with Crippen molar-refractivity contribution in [2.75, 3.05) is 85.1 Å². The molecule has 0 radical (unpaired) electrons. The third-order valence-electron chi connectivity index (χ3n) is 19.0. The predicted octanol–water partition coefficient (Wildman–Crippen LogP) is 13.9. The van der Waals surface area contributed by atoms with Crippen LogP contribution in [0.1, 0.15) is 97.4 Å². The smallest absolute Gasteiger partial charge is 0.219 e. The molecule has 0 aliphatic carbocycles. The maximum Gasteiger partial charge on any atom is 0.219 e. The first-order valence-corrected chi connectivity index (χ1v) is 36.9. The number of hydrogen-bond donors (Lipinski definition) is 5. The number of aromatic amines is 5. The lowest BCUT2D eigenvalue weighted by molar-refractivity contribution is -0.129. The number of ether oxygens (including phenoxy) is 1. The minimum absolute atomic E-state index is 0.140. The van der Waals surface area contributed by atoms with E-state index in [4.69, 9.17) is 4.74 Å². The molecule has 5 aliphatic rings. The van der Waals surface area contributed by atoms with Crippen molar-refractivity contribution < 1.29 is 40.3 Å². The number of carbonyl (C=O) groups excluding carboxylic acids is 3. The van der Waals surface area contributed by atoms with E-state index in [1.54, 1.807) is 33.9 Å². The number of nitrogens with zero attached hydrogens (tertiary/aromatic N) is 5. The molecule has 5 aliphatic heterocycles. The Bertz CT molecular complexity index is 4810. The largest absolute Gasteiger partial charge is 0.495 e. The van der Waals surface area contributed by atoms with Gasteiger partial charge in [-0.05, 0) is 141 Å². The van der Waals surface area contributed by atoms with Gasteiger partial charge in [-0.2, -0.15) is 8.61 Å². The van der Waals surface area contributed by atoms with Crippen LogP contribution in [-0.4, -0.2) is 168 Å². The highest BCUT2D eigenvalue weighted by Crippen LogP contribution is 2.36. The molecule has 512 valence electrons. The van der Waals surface area contributed by atoms with Crippen LogP contribution in [0.15, 0.2) is 152 Å².